The summed E-state index contributed by atoms with van der Waals surface area (Å²) in [5, 5.41) is 25.1. The van der Waals surface area contributed by atoms with Crippen molar-refractivity contribution in [3.05, 3.63) is 44.3 Å². The first-order valence-corrected chi connectivity index (χ1v) is 7.17. The third-order valence-electron chi connectivity index (χ3n) is 3.56. The van der Waals surface area contributed by atoms with Crippen LogP contribution in [0.1, 0.15) is 5.56 Å². The maximum Gasteiger partial charge on any atom is 0.406 e. The number of aromatic nitrogens is 2. The number of aryl methyl sites for hydroxylation is 1. The first-order chi connectivity index (χ1) is 11.9. The molecule has 11 heteroatoms. The van der Waals surface area contributed by atoms with Crippen LogP contribution < -0.4 is 14.8 Å². The predicted octanol–water partition coefficient (Wildman–Crippen LogP) is 1.91. The first kappa shape index (κ1) is 18.0. The molecule has 0 spiro atoms. The molecule has 2 rings (SSSR count). The fraction of sp³-hybridized carbons (Fsp3) is 0.357. The number of nitro groups is 2. The molecule has 0 aliphatic heterocycles. The number of nitrogens with zero attached hydrogens (tertiary/aromatic N) is 4. The molecule has 0 atom stereocenters. The number of anilines is 1. The van der Waals surface area contributed by atoms with Gasteiger partial charge in [0.1, 0.15) is 0 Å². The molecule has 0 fully saturated rings. The maximum absolute atomic E-state index is 11.3. The molecule has 0 saturated carbocycles. The van der Waals surface area contributed by atoms with E-state index in [4.69, 9.17) is 9.47 Å². The SMILES string of the molecule is COc1cc(CCNc2c([N+](=O)[O-])ncn2C)c([N+](=O)[O-])cc1OC. The number of nitro benzene ring substituents is 1. The third kappa shape index (κ3) is 3.76. The van der Waals surface area contributed by atoms with Gasteiger partial charge in [-0.05, 0) is 22.4 Å². The summed E-state index contributed by atoms with van der Waals surface area (Å²) in [7, 11) is 4.44. The number of imidazole rings is 1. The Kier molecular flexibility index (Phi) is 5.37. The number of hydrogen-bond acceptors (Lipinski definition) is 8. The predicted molar refractivity (Wildman–Crippen MR) is 88.3 cm³/mol. The fourth-order valence-corrected chi connectivity index (χ4v) is 2.35. The average molecular weight is 351 g/mol. The Balaban J connectivity index is 2.22. The van der Waals surface area contributed by atoms with Gasteiger partial charge in [0.2, 0.25) is 12.1 Å². The van der Waals surface area contributed by atoms with Crippen LogP contribution in [-0.2, 0) is 13.5 Å². The van der Waals surface area contributed by atoms with Crippen molar-refractivity contribution < 1.29 is 19.3 Å². The lowest BCUT2D eigenvalue weighted by atomic mass is 10.1. The van der Waals surface area contributed by atoms with Crippen LogP contribution in [0.25, 0.3) is 0 Å². The van der Waals surface area contributed by atoms with E-state index in [1.807, 2.05) is 0 Å². The Bertz CT molecular complexity index is 803. The molecule has 134 valence electrons. The molecule has 0 aliphatic carbocycles. The van der Waals surface area contributed by atoms with Crippen LogP contribution in [-0.4, -0.2) is 40.2 Å². The topological polar surface area (TPSA) is 135 Å². The van der Waals surface area contributed by atoms with E-state index in [1.54, 1.807) is 7.05 Å². The Morgan fingerprint density at radius 2 is 1.80 bits per heavy atom. The van der Waals surface area contributed by atoms with Crippen LogP contribution in [0.15, 0.2) is 18.5 Å². The van der Waals surface area contributed by atoms with E-state index in [1.165, 1.54) is 37.2 Å². The maximum atomic E-state index is 11.3. The molecule has 0 aliphatic rings. The molecule has 1 aromatic heterocycles. The fourth-order valence-electron chi connectivity index (χ4n) is 2.35. The van der Waals surface area contributed by atoms with Gasteiger partial charge in [-0.1, -0.05) is 0 Å². The Labute approximate surface area is 142 Å². The van der Waals surface area contributed by atoms with Gasteiger partial charge in [-0.2, -0.15) is 0 Å². The van der Waals surface area contributed by atoms with Crippen molar-refractivity contribution >= 4 is 17.3 Å². The number of benzene rings is 1. The normalized spacial score (nSPS) is 10.4. The zero-order chi connectivity index (χ0) is 18.6. The minimum atomic E-state index is -0.596. The summed E-state index contributed by atoms with van der Waals surface area (Å²) in [6, 6.07) is 2.82. The summed E-state index contributed by atoms with van der Waals surface area (Å²) in [4.78, 5) is 24.8. The van der Waals surface area contributed by atoms with Crippen molar-refractivity contribution in [2.45, 2.75) is 6.42 Å². The molecule has 1 heterocycles. The lowest BCUT2D eigenvalue weighted by Crippen LogP contribution is -2.10. The van der Waals surface area contributed by atoms with Crippen LogP contribution in [0.2, 0.25) is 0 Å². The van der Waals surface area contributed by atoms with Gasteiger partial charge in [0, 0.05) is 19.2 Å². The van der Waals surface area contributed by atoms with Gasteiger partial charge in [-0.25, -0.2) is 0 Å². The van der Waals surface area contributed by atoms with E-state index >= 15 is 0 Å². The number of hydrogen-bond donors (Lipinski definition) is 1. The molecule has 0 saturated heterocycles. The van der Waals surface area contributed by atoms with E-state index in [0.29, 0.717) is 11.3 Å². The number of nitrogens with one attached hydrogen (secondary N) is 1. The summed E-state index contributed by atoms with van der Waals surface area (Å²) < 4.78 is 11.7. The van der Waals surface area contributed by atoms with Crippen LogP contribution in [0.4, 0.5) is 17.3 Å². The van der Waals surface area contributed by atoms with Crippen LogP contribution in [0, 0.1) is 20.2 Å². The van der Waals surface area contributed by atoms with E-state index in [2.05, 4.69) is 10.3 Å². The molecule has 0 amide bonds. The Hall–Kier alpha value is -3.37. The molecule has 11 nitrogen and oxygen atoms in total. The van der Waals surface area contributed by atoms with Gasteiger partial charge >= 0.3 is 5.82 Å². The summed E-state index contributed by atoms with van der Waals surface area (Å²) in [5.74, 6) is 0.556. The molecule has 25 heavy (non-hydrogen) atoms. The third-order valence-corrected chi connectivity index (χ3v) is 3.56. The quantitative estimate of drug-likeness (QED) is 0.563. The van der Waals surface area contributed by atoms with Crippen LogP contribution in [0.5, 0.6) is 11.5 Å². The summed E-state index contributed by atoms with van der Waals surface area (Å²) in [5.41, 5.74) is 0.305. The molecule has 1 N–H and O–H groups in total. The lowest BCUT2D eigenvalue weighted by molar-refractivity contribution is -0.388. The first-order valence-electron chi connectivity index (χ1n) is 7.17. The van der Waals surface area contributed by atoms with Crippen molar-refractivity contribution in [3.63, 3.8) is 0 Å². The van der Waals surface area contributed by atoms with Gasteiger partial charge in [0.05, 0.1) is 25.2 Å². The Morgan fingerprint density at radius 1 is 1.16 bits per heavy atom. The number of rotatable bonds is 8. The van der Waals surface area contributed by atoms with E-state index in [9.17, 15) is 20.2 Å². The van der Waals surface area contributed by atoms with Gasteiger partial charge in [0.25, 0.3) is 5.69 Å². The second-order valence-corrected chi connectivity index (χ2v) is 5.05. The zero-order valence-corrected chi connectivity index (χ0v) is 13.9. The minimum Gasteiger partial charge on any atom is -0.493 e. The Morgan fingerprint density at radius 3 is 2.36 bits per heavy atom. The zero-order valence-electron chi connectivity index (χ0n) is 13.9. The summed E-state index contributed by atoms with van der Waals surface area (Å²) in [6.07, 6.45) is 1.57. The molecular formula is C14H17N5O6. The highest BCUT2D eigenvalue weighted by Crippen LogP contribution is 2.34. The van der Waals surface area contributed by atoms with E-state index in [-0.39, 0.29) is 36.0 Å². The molecule has 0 bridgehead atoms. The number of methoxy groups -OCH3 is 2. The van der Waals surface area contributed by atoms with Gasteiger partial charge in [0.15, 0.2) is 11.5 Å². The smallest absolute Gasteiger partial charge is 0.406 e. The highest BCUT2D eigenvalue weighted by molar-refractivity contribution is 5.55. The van der Waals surface area contributed by atoms with E-state index < -0.39 is 9.85 Å². The molecule has 0 unspecified atom stereocenters. The number of ether oxygens (including phenoxy) is 2. The van der Waals surface area contributed by atoms with Crippen molar-refractivity contribution in [3.8, 4) is 11.5 Å². The molecule has 2 aromatic rings. The van der Waals surface area contributed by atoms with Crippen molar-refractivity contribution in [1.29, 1.82) is 0 Å². The summed E-state index contributed by atoms with van der Waals surface area (Å²) >= 11 is 0. The van der Waals surface area contributed by atoms with Crippen molar-refractivity contribution in [2.75, 3.05) is 26.1 Å². The average Bonchev–Trinajstić information content (AvgIpc) is 2.95. The van der Waals surface area contributed by atoms with Gasteiger partial charge in [-0.15, -0.1) is 0 Å². The second kappa shape index (κ2) is 7.47. The van der Waals surface area contributed by atoms with Crippen LogP contribution in [0.3, 0.4) is 0 Å². The largest absolute Gasteiger partial charge is 0.493 e. The molecule has 1 aromatic carbocycles. The second-order valence-electron chi connectivity index (χ2n) is 5.05. The van der Waals surface area contributed by atoms with Gasteiger partial charge < -0.3 is 24.9 Å². The van der Waals surface area contributed by atoms with Crippen LogP contribution >= 0.6 is 0 Å². The van der Waals surface area contributed by atoms with E-state index in [0.717, 1.165) is 0 Å². The lowest BCUT2D eigenvalue weighted by Gasteiger charge is -2.11. The highest BCUT2D eigenvalue weighted by Gasteiger charge is 2.22. The summed E-state index contributed by atoms with van der Waals surface area (Å²) in [6.45, 7) is 0.233. The monoisotopic (exact) mass is 351 g/mol. The molecule has 0 radical (unpaired) electrons. The van der Waals surface area contributed by atoms with Crippen molar-refractivity contribution in [1.82, 2.24) is 9.55 Å². The standard InChI is InChI=1S/C14H17N5O6/c1-17-8-16-14(19(22)23)13(17)15-5-4-9-6-11(24-2)12(25-3)7-10(9)18(20)21/h6-8,15H,4-5H2,1-3H3. The molecular weight excluding hydrogens is 334 g/mol. The minimum absolute atomic E-state index is 0.112. The highest BCUT2D eigenvalue weighted by atomic mass is 16.6. The van der Waals surface area contributed by atoms with Crippen molar-refractivity contribution in [2.24, 2.45) is 7.05 Å². The van der Waals surface area contributed by atoms with Gasteiger partial charge in [-0.3, -0.25) is 14.7 Å².